The molecule has 6 aromatic carbocycles. The molecule has 0 radical (unpaired) electrons. The van der Waals surface area contributed by atoms with Crippen molar-refractivity contribution >= 4 is 32.3 Å². The van der Waals surface area contributed by atoms with Gasteiger partial charge in [-0.3, -0.25) is 0 Å². The van der Waals surface area contributed by atoms with Crippen LogP contribution >= 0.6 is 0 Å². The molecule has 1 heteroatoms. The van der Waals surface area contributed by atoms with E-state index >= 15 is 0 Å². The van der Waals surface area contributed by atoms with Crippen LogP contribution in [0.4, 0.5) is 0 Å². The number of fused-ring (bicyclic) bond motifs is 10. The summed E-state index contributed by atoms with van der Waals surface area (Å²) in [7, 11) is 0. The van der Waals surface area contributed by atoms with Crippen LogP contribution in [0, 0.1) is 0 Å². The minimum Gasteiger partial charge on any atom is -0.508 e. The van der Waals surface area contributed by atoms with Gasteiger partial charge in [0.2, 0.25) is 0 Å². The lowest BCUT2D eigenvalue weighted by Crippen LogP contribution is -2.25. The average molecular weight is 406 g/mol. The number of benzene rings is 6. The van der Waals surface area contributed by atoms with Gasteiger partial charge in [0.25, 0.3) is 0 Å². The molecule has 1 nitrogen and oxygen atoms in total. The van der Waals surface area contributed by atoms with Crippen molar-refractivity contribution < 1.29 is 5.11 Å². The van der Waals surface area contributed by atoms with Gasteiger partial charge in [0.15, 0.2) is 0 Å². The third-order valence-electron chi connectivity index (χ3n) is 7.72. The van der Waals surface area contributed by atoms with Crippen LogP contribution in [0.1, 0.15) is 22.3 Å². The van der Waals surface area contributed by atoms with Gasteiger partial charge in [0.1, 0.15) is 5.75 Å². The van der Waals surface area contributed by atoms with Crippen molar-refractivity contribution in [2.24, 2.45) is 0 Å². The zero-order chi connectivity index (χ0) is 21.0. The van der Waals surface area contributed by atoms with Crippen molar-refractivity contribution in [1.82, 2.24) is 0 Å². The molecule has 148 valence electrons. The summed E-state index contributed by atoms with van der Waals surface area (Å²) in [6.45, 7) is 0. The highest BCUT2D eigenvalue weighted by molar-refractivity contribution is 6.29. The van der Waals surface area contributed by atoms with E-state index in [0.717, 1.165) is 5.56 Å². The molecule has 6 aromatic rings. The van der Waals surface area contributed by atoms with Gasteiger partial charge in [-0.15, -0.1) is 0 Å². The maximum atomic E-state index is 10.4. The van der Waals surface area contributed by atoms with Crippen molar-refractivity contribution in [3.63, 3.8) is 0 Å². The van der Waals surface area contributed by atoms with E-state index in [9.17, 15) is 5.11 Å². The topological polar surface area (TPSA) is 20.2 Å². The summed E-state index contributed by atoms with van der Waals surface area (Å²) in [5.74, 6) is 0.313. The lowest BCUT2D eigenvalue weighted by Gasteiger charge is -2.30. The number of phenols is 1. The monoisotopic (exact) mass is 406 g/mol. The molecular weight excluding hydrogens is 388 g/mol. The Labute approximate surface area is 185 Å². The van der Waals surface area contributed by atoms with E-state index in [2.05, 4.69) is 91.0 Å². The molecule has 0 heterocycles. The van der Waals surface area contributed by atoms with Crippen LogP contribution in [-0.2, 0) is 5.41 Å². The first-order valence-electron chi connectivity index (χ1n) is 11.1. The van der Waals surface area contributed by atoms with E-state index in [0.29, 0.717) is 5.75 Å². The van der Waals surface area contributed by atoms with Gasteiger partial charge < -0.3 is 5.11 Å². The SMILES string of the molecule is Oc1ccc2c(c1)-c1ccccc1C21c2cccc3c4ccccc4c4cccc1c4c23. The van der Waals surface area contributed by atoms with Gasteiger partial charge >= 0.3 is 0 Å². The lowest BCUT2D eigenvalue weighted by atomic mass is 9.70. The Morgan fingerprint density at radius 3 is 1.66 bits per heavy atom. The fourth-order valence-corrected chi connectivity index (χ4v) is 6.67. The average Bonchev–Trinajstić information content (AvgIpc) is 3.31. The normalized spacial score (nSPS) is 14.6. The summed E-state index contributed by atoms with van der Waals surface area (Å²) in [4.78, 5) is 0. The smallest absolute Gasteiger partial charge is 0.116 e. The van der Waals surface area contributed by atoms with Crippen molar-refractivity contribution in [3.8, 4) is 16.9 Å². The van der Waals surface area contributed by atoms with Gasteiger partial charge in [-0.05, 0) is 77.8 Å². The maximum Gasteiger partial charge on any atom is 0.116 e. The molecule has 0 aliphatic heterocycles. The number of hydrogen-bond donors (Lipinski definition) is 1. The minimum absolute atomic E-state index is 0.313. The summed E-state index contributed by atoms with van der Waals surface area (Å²) in [6.07, 6.45) is 0. The van der Waals surface area contributed by atoms with Crippen molar-refractivity contribution in [2.75, 3.05) is 0 Å². The van der Waals surface area contributed by atoms with Gasteiger partial charge in [-0.1, -0.05) is 91.0 Å². The molecule has 2 aliphatic rings. The van der Waals surface area contributed by atoms with E-state index in [4.69, 9.17) is 0 Å². The van der Waals surface area contributed by atoms with E-state index in [1.54, 1.807) is 0 Å². The minimum atomic E-state index is -0.363. The summed E-state index contributed by atoms with van der Waals surface area (Å²) in [6, 6.07) is 37.0. The van der Waals surface area contributed by atoms with Crippen LogP contribution in [0.5, 0.6) is 5.75 Å². The van der Waals surface area contributed by atoms with Crippen molar-refractivity contribution in [3.05, 3.63) is 125 Å². The Morgan fingerprint density at radius 2 is 0.969 bits per heavy atom. The highest BCUT2D eigenvalue weighted by Gasteiger charge is 2.50. The van der Waals surface area contributed by atoms with E-state index in [-0.39, 0.29) is 5.41 Å². The molecule has 0 saturated carbocycles. The Kier molecular flexibility index (Phi) is 2.79. The molecule has 0 amide bonds. The Hall–Kier alpha value is -4.10. The Balaban J connectivity index is 1.70. The predicted octanol–water partition coefficient (Wildman–Crippen LogP) is 7.53. The third kappa shape index (κ3) is 1.64. The van der Waals surface area contributed by atoms with Crippen molar-refractivity contribution in [1.29, 1.82) is 0 Å². The fourth-order valence-electron chi connectivity index (χ4n) is 6.67. The van der Waals surface area contributed by atoms with Crippen LogP contribution in [-0.4, -0.2) is 5.11 Å². The van der Waals surface area contributed by atoms with Crippen molar-refractivity contribution in [2.45, 2.75) is 5.41 Å². The van der Waals surface area contributed by atoms with Crippen LogP contribution < -0.4 is 0 Å². The van der Waals surface area contributed by atoms with Gasteiger partial charge in [-0.25, -0.2) is 0 Å². The standard InChI is InChI=1S/C31H18O/c32-18-15-16-26-24(17-18)21-9-3-4-12-25(21)31(26)27-13-5-10-22-19-7-1-2-8-20(19)23-11-6-14-28(31)30(23)29(22)27/h1-17,32H. The molecule has 0 saturated heterocycles. The maximum absolute atomic E-state index is 10.4. The first-order chi connectivity index (χ1) is 15.8. The number of rotatable bonds is 0. The Bertz CT molecular complexity index is 1710. The lowest BCUT2D eigenvalue weighted by molar-refractivity contribution is 0.475. The zero-order valence-electron chi connectivity index (χ0n) is 17.3. The van der Waals surface area contributed by atoms with Crippen LogP contribution in [0.2, 0.25) is 0 Å². The zero-order valence-corrected chi connectivity index (χ0v) is 17.3. The first kappa shape index (κ1) is 16.6. The third-order valence-corrected chi connectivity index (χ3v) is 7.72. The molecule has 8 rings (SSSR count). The number of hydrogen-bond acceptors (Lipinski definition) is 1. The molecule has 0 unspecified atom stereocenters. The molecule has 1 spiro atoms. The highest BCUT2D eigenvalue weighted by atomic mass is 16.3. The second-order valence-corrected chi connectivity index (χ2v) is 9.03. The Morgan fingerprint density at radius 1 is 0.438 bits per heavy atom. The summed E-state index contributed by atoms with van der Waals surface area (Å²) in [5, 5.41) is 18.4. The second-order valence-electron chi connectivity index (χ2n) is 9.03. The van der Waals surface area contributed by atoms with Gasteiger partial charge in [-0.2, -0.15) is 0 Å². The van der Waals surface area contributed by atoms with Gasteiger partial charge in [0.05, 0.1) is 5.41 Å². The van der Waals surface area contributed by atoms with Crippen LogP contribution in [0.3, 0.4) is 0 Å². The summed E-state index contributed by atoms with van der Waals surface area (Å²) >= 11 is 0. The quantitative estimate of drug-likeness (QED) is 0.258. The fraction of sp³-hybridized carbons (Fsp3) is 0.0323. The second kappa shape index (κ2) is 5.38. The molecule has 2 aliphatic carbocycles. The molecule has 32 heavy (non-hydrogen) atoms. The largest absolute Gasteiger partial charge is 0.508 e. The number of aromatic hydroxyl groups is 1. The molecular formula is C31H18O. The molecule has 0 fully saturated rings. The summed E-state index contributed by atoms with van der Waals surface area (Å²) < 4.78 is 0. The van der Waals surface area contributed by atoms with E-state index in [1.807, 2.05) is 12.1 Å². The van der Waals surface area contributed by atoms with Crippen LogP contribution in [0.15, 0.2) is 103 Å². The predicted molar refractivity (Wildman–Crippen MR) is 131 cm³/mol. The van der Waals surface area contributed by atoms with E-state index in [1.165, 1.54) is 60.1 Å². The number of phenolic OH excluding ortho intramolecular Hbond substituents is 1. The molecule has 1 N–H and O–H groups in total. The van der Waals surface area contributed by atoms with Crippen LogP contribution in [0.25, 0.3) is 43.4 Å². The highest BCUT2D eigenvalue weighted by Crippen LogP contribution is 2.63. The molecule has 0 bridgehead atoms. The molecule has 0 aromatic heterocycles. The molecule has 0 atom stereocenters. The first-order valence-corrected chi connectivity index (χ1v) is 11.1. The van der Waals surface area contributed by atoms with E-state index < -0.39 is 0 Å². The van der Waals surface area contributed by atoms with Gasteiger partial charge in [0, 0.05) is 0 Å². The summed E-state index contributed by atoms with van der Waals surface area (Å²) in [5.41, 5.74) is 7.25.